The summed E-state index contributed by atoms with van der Waals surface area (Å²) in [7, 11) is 0. The van der Waals surface area contributed by atoms with Crippen molar-refractivity contribution in [2.24, 2.45) is 0 Å². The van der Waals surface area contributed by atoms with Crippen molar-refractivity contribution in [2.45, 2.75) is 26.7 Å². The molecule has 1 heterocycles. The van der Waals surface area contributed by atoms with Crippen molar-refractivity contribution in [3.05, 3.63) is 23.0 Å². The molecule has 0 saturated carbocycles. The summed E-state index contributed by atoms with van der Waals surface area (Å²) in [5.74, 6) is -1.33. The molecule has 0 aromatic carbocycles. The van der Waals surface area contributed by atoms with Crippen LogP contribution in [0.5, 0.6) is 0 Å². The highest BCUT2D eigenvalue weighted by Crippen LogP contribution is 2.16. The molecule has 2 N–H and O–H groups in total. The van der Waals surface area contributed by atoms with E-state index in [0.29, 0.717) is 23.4 Å². The number of carboxylic acids is 1. The van der Waals surface area contributed by atoms with Crippen LogP contribution in [0.1, 0.15) is 35.0 Å². The smallest absolute Gasteiger partial charge is 0.340 e. The zero-order valence-corrected chi connectivity index (χ0v) is 9.29. The lowest BCUT2D eigenvalue weighted by Crippen LogP contribution is -2.09. The third-order valence-corrected chi connectivity index (χ3v) is 2.15. The summed E-state index contributed by atoms with van der Waals surface area (Å²) < 4.78 is 4.89. The minimum absolute atomic E-state index is 0.0276. The minimum Gasteiger partial charge on any atom is -0.481 e. The van der Waals surface area contributed by atoms with Crippen molar-refractivity contribution < 1.29 is 19.4 Å². The molecule has 1 radical (unpaired) electrons. The number of aryl methyl sites for hydroxylation is 2. The third-order valence-electron chi connectivity index (χ3n) is 2.15. The monoisotopic (exact) mass is 224 g/mol. The molecule has 1 aromatic heterocycles. The number of esters is 1. The number of ether oxygens (including phenoxy) is 1. The van der Waals surface area contributed by atoms with Gasteiger partial charge in [-0.2, -0.15) is 0 Å². The van der Waals surface area contributed by atoms with Crippen molar-refractivity contribution in [2.75, 3.05) is 6.61 Å². The lowest BCUT2D eigenvalue weighted by atomic mass is 10.1. The normalized spacial score (nSPS) is 10.1. The number of aliphatic carboxylic acids is 1. The number of nitrogens with one attached hydrogen (secondary N) is 1. The van der Waals surface area contributed by atoms with Gasteiger partial charge in [0.1, 0.15) is 0 Å². The Morgan fingerprint density at radius 1 is 1.50 bits per heavy atom. The van der Waals surface area contributed by atoms with Gasteiger partial charge in [-0.25, -0.2) is 4.79 Å². The van der Waals surface area contributed by atoms with Crippen LogP contribution < -0.4 is 0 Å². The molecule has 0 aliphatic heterocycles. The van der Waals surface area contributed by atoms with Gasteiger partial charge in [0.15, 0.2) is 0 Å². The third kappa shape index (κ3) is 2.85. The van der Waals surface area contributed by atoms with Crippen LogP contribution in [0.3, 0.4) is 0 Å². The number of rotatable bonds is 5. The Kier molecular flexibility index (Phi) is 4.10. The van der Waals surface area contributed by atoms with Crippen LogP contribution in [0.25, 0.3) is 0 Å². The van der Waals surface area contributed by atoms with Gasteiger partial charge in [0.05, 0.1) is 18.4 Å². The van der Waals surface area contributed by atoms with Gasteiger partial charge in [-0.05, 0) is 25.8 Å². The second kappa shape index (κ2) is 5.34. The van der Waals surface area contributed by atoms with Crippen molar-refractivity contribution in [1.82, 2.24) is 4.98 Å². The molecule has 1 rings (SSSR count). The van der Waals surface area contributed by atoms with Crippen LogP contribution >= 0.6 is 0 Å². The number of hydrogen-bond donors (Lipinski definition) is 2. The quantitative estimate of drug-likeness (QED) is 0.739. The predicted octanol–water partition coefficient (Wildman–Crippen LogP) is 1.32. The van der Waals surface area contributed by atoms with E-state index in [4.69, 9.17) is 9.84 Å². The maximum absolute atomic E-state index is 11.6. The molecule has 5 heteroatoms. The zero-order valence-electron chi connectivity index (χ0n) is 9.29. The molecule has 0 aliphatic carbocycles. The van der Waals surface area contributed by atoms with Gasteiger partial charge < -0.3 is 14.8 Å². The fourth-order valence-electron chi connectivity index (χ4n) is 1.42. The highest BCUT2D eigenvalue weighted by atomic mass is 16.5. The second-order valence-corrected chi connectivity index (χ2v) is 3.34. The van der Waals surface area contributed by atoms with Gasteiger partial charge in [0, 0.05) is 12.1 Å². The highest BCUT2D eigenvalue weighted by molar-refractivity contribution is 5.92. The molecule has 0 fully saturated rings. The van der Waals surface area contributed by atoms with Crippen LogP contribution in [0, 0.1) is 13.1 Å². The van der Waals surface area contributed by atoms with Crippen LogP contribution in [0.4, 0.5) is 0 Å². The Morgan fingerprint density at radius 2 is 2.19 bits per heavy atom. The van der Waals surface area contributed by atoms with Gasteiger partial charge in [-0.3, -0.25) is 4.79 Å². The van der Waals surface area contributed by atoms with Crippen LogP contribution in [-0.4, -0.2) is 28.6 Å². The van der Waals surface area contributed by atoms with Crippen LogP contribution in [0.2, 0.25) is 0 Å². The Balaban J connectivity index is 2.85. The summed E-state index contributed by atoms with van der Waals surface area (Å²) in [6.45, 7) is 3.75. The van der Waals surface area contributed by atoms with Crippen molar-refractivity contribution in [1.29, 1.82) is 0 Å². The molecule has 0 aliphatic rings. The van der Waals surface area contributed by atoms with Gasteiger partial charge >= 0.3 is 11.9 Å². The molecule has 0 amide bonds. The second-order valence-electron chi connectivity index (χ2n) is 3.34. The van der Waals surface area contributed by atoms with Gasteiger partial charge in [-0.1, -0.05) is 0 Å². The number of hydrogen-bond acceptors (Lipinski definition) is 3. The highest BCUT2D eigenvalue weighted by Gasteiger charge is 2.18. The standard InChI is InChI=1S/C11H14NO4/c1-3-16-11(15)10-7(2)12-6-8(10)4-5-9(13)14/h12H,3-5H2,1-2H3,(H,13,14). The molecule has 0 saturated heterocycles. The first kappa shape index (κ1) is 12.3. The first-order valence-corrected chi connectivity index (χ1v) is 5.04. The van der Waals surface area contributed by atoms with E-state index in [1.54, 1.807) is 13.8 Å². The molecule has 0 bridgehead atoms. The molecule has 5 nitrogen and oxygen atoms in total. The topological polar surface area (TPSA) is 79.4 Å². The molecular weight excluding hydrogens is 210 g/mol. The Bertz CT molecular complexity index is 395. The summed E-state index contributed by atoms with van der Waals surface area (Å²) in [4.78, 5) is 24.8. The minimum atomic E-state index is -0.901. The molecule has 16 heavy (non-hydrogen) atoms. The van der Waals surface area contributed by atoms with Gasteiger partial charge in [0.25, 0.3) is 0 Å². The summed E-state index contributed by atoms with van der Waals surface area (Å²) in [5, 5.41) is 8.57. The Hall–Kier alpha value is -1.78. The van der Waals surface area contributed by atoms with E-state index in [2.05, 4.69) is 11.2 Å². The number of carboxylic acid groups (broad SMARTS) is 1. The van der Waals surface area contributed by atoms with E-state index >= 15 is 0 Å². The van der Waals surface area contributed by atoms with Gasteiger partial charge in [0.2, 0.25) is 0 Å². The van der Waals surface area contributed by atoms with E-state index in [9.17, 15) is 9.59 Å². The van der Waals surface area contributed by atoms with Crippen molar-refractivity contribution >= 4 is 11.9 Å². The van der Waals surface area contributed by atoms with Crippen LogP contribution in [0.15, 0.2) is 0 Å². The molecule has 87 valence electrons. The summed E-state index contributed by atoms with van der Waals surface area (Å²) in [6.07, 6.45) is 3.02. The molecule has 0 unspecified atom stereocenters. The summed E-state index contributed by atoms with van der Waals surface area (Å²) >= 11 is 0. The first-order valence-electron chi connectivity index (χ1n) is 5.04. The fraction of sp³-hybridized carbons (Fsp3) is 0.455. The average Bonchev–Trinajstić information content (AvgIpc) is 2.57. The molecule has 1 aromatic rings. The van der Waals surface area contributed by atoms with Crippen LogP contribution in [-0.2, 0) is 16.0 Å². The number of aromatic amines is 1. The number of carbonyl (C=O) groups excluding carboxylic acids is 1. The summed E-state index contributed by atoms with van der Waals surface area (Å²) in [5.41, 5.74) is 1.63. The van der Waals surface area contributed by atoms with E-state index in [-0.39, 0.29) is 12.8 Å². The average molecular weight is 224 g/mol. The molecule has 0 spiro atoms. The predicted molar refractivity (Wildman–Crippen MR) is 56.3 cm³/mol. The Morgan fingerprint density at radius 3 is 2.75 bits per heavy atom. The van der Waals surface area contributed by atoms with E-state index in [1.807, 2.05) is 0 Å². The maximum Gasteiger partial charge on any atom is 0.340 e. The first-order chi connectivity index (χ1) is 7.56. The van der Waals surface area contributed by atoms with Crippen molar-refractivity contribution in [3.8, 4) is 0 Å². The number of carbonyl (C=O) groups is 2. The van der Waals surface area contributed by atoms with E-state index in [0.717, 1.165) is 0 Å². The lowest BCUT2D eigenvalue weighted by Gasteiger charge is -2.03. The lowest BCUT2D eigenvalue weighted by molar-refractivity contribution is -0.136. The van der Waals surface area contributed by atoms with E-state index < -0.39 is 11.9 Å². The number of H-pyrrole nitrogens is 1. The van der Waals surface area contributed by atoms with Gasteiger partial charge in [-0.15, -0.1) is 0 Å². The fourth-order valence-corrected chi connectivity index (χ4v) is 1.42. The Labute approximate surface area is 93.4 Å². The summed E-state index contributed by atoms with van der Waals surface area (Å²) in [6, 6.07) is 0. The number of aromatic nitrogens is 1. The molecular formula is C11H14NO4. The molecule has 0 atom stereocenters. The van der Waals surface area contributed by atoms with Crippen molar-refractivity contribution in [3.63, 3.8) is 0 Å². The largest absolute Gasteiger partial charge is 0.481 e. The SMILES string of the molecule is CCOC(=O)c1c(CCC(=O)O)[c][nH]c1C. The maximum atomic E-state index is 11.6. The van der Waals surface area contributed by atoms with E-state index in [1.165, 1.54) is 0 Å². The zero-order chi connectivity index (χ0) is 12.1.